The van der Waals surface area contributed by atoms with Crippen LogP contribution in [0.3, 0.4) is 0 Å². The zero-order chi connectivity index (χ0) is 12.2. The van der Waals surface area contributed by atoms with Crippen molar-refractivity contribution in [2.45, 2.75) is 32.4 Å². The van der Waals surface area contributed by atoms with Crippen LogP contribution < -0.4 is 0 Å². The van der Waals surface area contributed by atoms with Gasteiger partial charge in [-0.15, -0.1) is 0 Å². The SMILES string of the molecule is CC(=O)C(C)(C)[C@H](Br)OCc1ccccc1. The highest BCUT2D eigenvalue weighted by Gasteiger charge is 2.32. The Balaban J connectivity index is 2.53. The van der Waals surface area contributed by atoms with Crippen molar-refractivity contribution >= 4 is 21.7 Å². The van der Waals surface area contributed by atoms with Gasteiger partial charge in [0.25, 0.3) is 0 Å². The summed E-state index contributed by atoms with van der Waals surface area (Å²) in [6.45, 7) is 5.84. The number of halogens is 1. The van der Waals surface area contributed by atoms with E-state index in [2.05, 4.69) is 15.9 Å². The molecule has 0 spiro atoms. The molecule has 0 aliphatic rings. The van der Waals surface area contributed by atoms with Gasteiger partial charge in [0.15, 0.2) is 0 Å². The van der Waals surface area contributed by atoms with Gasteiger partial charge in [0.05, 0.1) is 12.0 Å². The van der Waals surface area contributed by atoms with Crippen LogP contribution in [0.15, 0.2) is 30.3 Å². The van der Waals surface area contributed by atoms with E-state index in [1.54, 1.807) is 6.92 Å². The van der Waals surface area contributed by atoms with Crippen molar-refractivity contribution < 1.29 is 9.53 Å². The molecule has 0 N–H and O–H groups in total. The van der Waals surface area contributed by atoms with E-state index >= 15 is 0 Å². The number of hydrogen-bond donors (Lipinski definition) is 0. The zero-order valence-corrected chi connectivity index (χ0v) is 11.5. The van der Waals surface area contributed by atoms with Gasteiger partial charge in [-0.2, -0.15) is 0 Å². The van der Waals surface area contributed by atoms with Crippen LogP contribution in [0.1, 0.15) is 26.3 Å². The lowest BCUT2D eigenvalue weighted by atomic mass is 9.90. The lowest BCUT2D eigenvalue weighted by Crippen LogP contribution is -2.33. The maximum atomic E-state index is 11.4. The Labute approximate surface area is 105 Å². The number of hydrogen-bond acceptors (Lipinski definition) is 2. The molecule has 88 valence electrons. The molecule has 0 heterocycles. The lowest BCUT2D eigenvalue weighted by Gasteiger charge is -2.27. The van der Waals surface area contributed by atoms with E-state index in [1.807, 2.05) is 44.2 Å². The maximum absolute atomic E-state index is 11.4. The lowest BCUT2D eigenvalue weighted by molar-refractivity contribution is -0.129. The molecule has 1 aromatic carbocycles. The summed E-state index contributed by atoms with van der Waals surface area (Å²) >= 11 is 3.41. The van der Waals surface area contributed by atoms with Crippen LogP contribution in [0.2, 0.25) is 0 Å². The standard InChI is InChI=1S/C13H17BrO2/c1-10(15)13(2,3)12(14)16-9-11-7-5-4-6-8-11/h4-8,12H,9H2,1-3H3/t12-/m1/s1. The highest BCUT2D eigenvalue weighted by Crippen LogP contribution is 2.29. The molecule has 0 radical (unpaired) electrons. The van der Waals surface area contributed by atoms with Gasteiger partial charge < -0.3 is 4.74 Å². The van der Waals surface area contributed by atoms with Gasteiger partial charge in [0, 0.05) is 0 Å². The summed E-state index contributed by atoms with van der Waals surface area (Å²) in [4.78, 5) is 11.4. The number of ether oxygens (including phenoxy) is 1. The first-order valence-electron chi connectivity index (χ1n) is 5.25. The molecule has 0 bridgehead atoms. The second-order valence-electron chi connectivity index (χ2n) is 4.39. The van der Waals surface area contributed by atoms with E-state index in [4.69, 9.17) is 4.74 Å². The first-order valence-corrected chi connectivity index (χ1v) is 6.17. The molecular weight excluding hydrogens is 268 g/mol. The Morgan fingerprint density at radius 2 is 1.94 bits per heavy atom. The molecule has 0 saturated heterocycles. The molecule has 0 aliphatic heterocycles. The molecule has 1 atom stereocenters. The fraction of sp³-hybridized carbons (Fsp3) is 0.462. The van der Waals surface area contributed by atoms with Crippen LogP contribution in [0.25, 0.3) is 0 Å². The molecule has 0 aliphatic carbocycles. The fourth-order valence-corrected chi connectivity index (χ4v) is 1.57. The number of Topliss-reactive ketones (excluding diaryl/α,β-unsaturated/α-hetero) is 1. The molecular formula is C13H17BrO2. The molecule has 3 heteroatoms. The van der Waals surface area contributed by atoms with E-state index < -0.39 is 5.41 Å². The smallest absolute Gasteiger partial charge is 0.138 e. The van der Waals surface area contributed by atoms with Crippen LogP contribution in [-0.4, -0.2) is 10.8 Å². The number of rotatable bonds is 5. The Morgan fingerprint density at radius 1 is 1.38 bits per heavy atom. The summed E-state index contributed by atoms with van der Waals surface area (Å²) in [5.41, 5.74) is 0.598. The third kappa shape index (κ3) is 3.42. The van der Waals surface area contributed by atoms with Crippen molar-refractivity contribution in [3.05, 3.63) is 35.9 Å². The molecule has 1 aromatic rings. The van der Waals surface area contributed by atoms with Crippen LogP contribution in [0.4, 0.5) is 0 Å². The summed E-state index contributed by atoms with van der Waals surface area (Å²) < 4.78 is 5.65. The minimum absolute atomic E-state index is 0.113. The van der Waals surface area contributed by atoms with Gasteiger partial charge in [-0.25, -0.2) is 0 Å². The van der Waals surface area contributed by atoms with Gasteiger partial charge in [0.1, 0.15) is 10.8 Å². The van der Waals surface area contributed by atoms with E-state index in [-0.39, 0.29) is 10.8 Å². The predicted octanol–water partition coefficient (Wildman–Crippen LogP) is 3.54. The van der Waals surface area contributed by atoms with Crippen molar-refractivity contribution in [2.24, 2.45) is 5.41 Å². The molecule has 0 aromatic heterocycles. The highest BCUT2D eigenvalue weighted by molar-refractivity contribution is 9.09. The van der Waals surface area contributed by atoms with Crippen LogP contribution in [0, 0.1) is 5.41 Å². The molecule has 1 rings (SSSR count). The average molecular weight is 285 g/mol. The monoisotopic (exact) mass is 284 g/mol. The normalized spacial score (nSPS) is 13.5. The predicted molar refractivity (Wildman–Crippen MR) is 68.4 cm³/mol. The summed E-state index contributed by atoms with van der Waals surface area (Å²) in [6.07, 6.45) is 0. The minimum atomic E-state index is -0.505. The van der Waals surface area contributed by atoms with E-state index in [0.717, 1.165) is 5.56 Å². The number of alkyl halides is 1. The van der Waals surface area contributed by atoms with Gasteiger partial charge in [0.2, 0.25) is 0 Å². The van der Waals surface area contributed by atoms with Crippen molar-refractivity contribution in [1.82, 2.24) is 0 Å². The quantitative estimate of drug-likeness (QED) is 0.773. The largest absolute Gasteiger partial charge is 0.361 e. The molecule has 2 nitrogen and oxygen atoms in total. The molecule has 0 fully saturated rings. The minimum Gasteiger partial charge on any atom is -0.361 e. The van der Waals surface area contributed by atoms with Crippen molar-refractivity contribution in [3.63, 3.8) is 0 Å². The van der Waals surface area contributed by atoms with Gasteiger partial charge in [-0.3, -0.25) is 4.79 Å². The Bertz CT molecular complexity index is 346. The Hall–Kier alpha value is -0.670. The number of carbonyl (C=O) groups is 1. The van der Waals surface area contributed by atoms with Crippen molar-refractivity contribution in [2.75, 3.05) is 0 Å². The summed E-state index contributed by atoms with van der Waals surface area (Å²) in [5.74, 6) is 0.113. The average Bonchev–Trinajstić information content (AvgIpc) is 2.27. The summed E-state index contributed by atoms with van der Waals surface area (Å²) in [7, 11) is 0. The molecule has 0 unspecified atom stereocenters. The summed E-state index contributed by atoms with van der Waals surface area (Å²) in [5, 5.41) is -0.266. The Morgan fingerprint density at radius 3 is 2.44 bits per heavy atom. The topological polar surface area (TPSA) is 26.3 Å². The number of benzene rings is 1. The second kappa shape index (κ2) is 5.60. The van der Waals surface area contributed by atoms with Crippen molar-refractivity contribution in [3.8, 4) is 0 Å². The van der Waals surface area contributed by atoms with E-state index in [0.29, 0.717) is 6.61 Å². The second-order valence-corrected chi connectivity index (χ2v) is 5.22. The summed E-state index contributed by atoms with van der Waals surface area (Å²) in [6, 6.07) is 9.91. The van der Waals surface area contributed by atoms with Crippen LogP contribution in [-0.2, 0) is 16.1 Å². The van der Waals surface area contributed by atoms with Gasteiger partial charge in [-0.1, -0.05) is 46.3 Å². The molecule has 0 saturated carbocycles. The van der Waals surface area contributed by atoms with Crippen LogP contribution in [0.5, 0.6) is 0 Å². The maximum Gasteiger partial charge on any atom is 0.138 e. The van der Waals surface area contributed by atoms with Crippen LogP contribution >= 0.6 is 15.9 Å². The Kier molecular flexibility index (Phi) is 4.69. The third-order valence-electron chi connectivity index (χ3n) is 2.71. The third-order valence-corrected chi connectivity index (χ3v) is 4.12. The van der Waals surface area contributed by atoms with E-state index in [1.165, 1.54) is 0 Å². The molecule has 0 amide bonds. The number of carbonyl (C=O) groups excluding carboxylic acids is 1. The first-order chi connectivity index (χ1) is 7.44. The molecule has 16 heavy (non-hydrogen) atoms. The fourth-order valence-electron chi connectivity index (χ4n) is 1.11. The zero-order valence-electron chi connectivity index (χ0n) is 9.87. The number of ketones is 1. The van der Waals surface area contributed by atoms with Crippen molar-refractivity contribution in [1.29, 1.82) is 0 Å². The van der Waals surface area contributed by atoms with E-state index in [9.17, 15) is 4.79 Å². The highest BCUT2D eigenvalue weighted by atomic mass is 79.9. The first kappa shape index (κ1) is 13.4. The van der Waals surface area contributed by atoms with Gasteiger partial charge >= 0.3 is 0 Å². The van der Waals surface area contributed by atoms with Gasteiger partial charge in [-0.05, 0) is 26.3 Å².